The maximum Gasteiger partial charge on any atom is 0.269 e. The van der Waals surface area contributed by atoms with Gasteiger partial charge in [0.2, 0.25) is 11.8 Å². The molecule has 0 bridgehead atoms. The highest BCUT2D eigenvalue weighted by atomic mass is 16.2. The Bertz CT molecular complexity index is 523. The Morgan fingerprint density at radius 2 is 1.56 bits per heavy atom. The van der Waals surface area contributed by atoms with Crippen LogP contribution in [0.15, 0.2) is 18.5 Å². The Hall–Kier alpha value is -2.37. The first-order valence-corrected chi connectivity index (χ1v) is 5.16. The molecule has 6 nitrogen and oxygen atoms in total. The molecule has 18 heavy (non-hydrogen) atoms. The Morgan fingerprint density at radius 3 is 2.00 bits per heavy atom. The maximum atomic E-state index is 12.0. The van der Waals surface area contributed by atoms with Crippen molar-refractivity contribution in [3.8, 4) is 0 Å². The molecule has 0 unspecified atom stereocenters. The van der Waals surface area contributed by atoms with E-state index in [1.807, 2.05) is 0 Å². The number of Topliss-reactive ketones (excluding diaryl/α,β-unsaturated/α-hetero) is 1. The van der Waals surface area contributed by atoms with Crippen LogP contribution in [0.4, 0.5) is 0 Å². The van der Waals surface area contributed by atoms with E-state index in [4.69, 9.17) is 0 Å². The van der Waals surface area contributed by atoms with E-state index < -0.39 is 17.7 Å². The molecule has 0 aliphatic rings. The molecule has 0 aliphatic heterocycles. The predicted octanol–water partition coefficient (Wildman–Crippen LogP) is 0.819. The molecular weight excluding hydrogens is 236 g/mol. The van der Waals surface area contributed by atoms with Crippen molar-refractivity contribution in [2.45, 2.75) is 20.8 Å². The number of nitrogens with zero attached hydrogens (tertiary/aromatic N) is 2. The lowest BCUT2D eigenvalue weighted by Gasteiger charge is -2.16. The van der Waals surface area contributed by atoms with E-state index in [2.05, 4.69) is 4.98 Å². The van der Waals surface area contributed by atoms with Crippen molar-refractivity contribution in [1.29, 1.82) is 0 Å². The molecule has 0 aromatic carbocycles. The minimum absolute atomic E-state index is 0.0598. The molecule has 0 saturated heterocycles. The number of pyridine rings is 1. The molecule has 1 rings (SSSR count). The molecule has 3 amide bonds. The lowest BCUT2D eigenvalue weighted by Crippen LogP contribution is -2.39. The van der Waals surface area contributed by atoms with E-state index >= 15 is 0 Å². The normalized spacial score (nSPS) is 9.72. The van der Waals surface area contributed by atoms with Crippen molar-refractivity contribution < 1.29 is 19.2 Å². The number of aromatic nitrogens is 1. The van der Waals surface area contributed by atoms with Crippen LogP contribution in [0.25, 0.3) is 0 Å². The van der Waals surface area contributed by atoms with Gasteiger partial charge in [-0.15, -0.1) is 0 Å². The molecular formula is C12H12N2O4. The van der Waals surface area contributed by atoms with Gasteiger partial charge in [-0.3, -0.25) is 24.2 Å². The minimum atomic E-state index is -0.840. The van der Waals surface area contributed by atoms with Crippen LogP contribution in [0.3, 0.4) is 0 Å². The zero-order valence-corrected chi connectivity index (χ0v) is 10.3. The molecule has 0 atom stereocenters. The number of hydrogen-bond donors (Lipinski definition) is 0. The van der Waals surface area contributed by atoms with E-state index in [1.54, 1.807) is 0 Å². The van der Waals surface area contributed by atoms with Crippen LogP contribution in [0, 0.1) is 0 Å². The number of amides is 3. The third-order valence-electron chi connectivity index (χ3n) is 2.26. The minimum Gasteiger partial charge on any atom is -0.294 e. The fraction of sp³-hybridized carbons (Fsp3) is 0.250. The zero-order chi connectivity index (χ0) is 13.9. The largest absolute Gasteiger partial charge is 0.294 e. The molecule has 1 heterocycles. The van der Waals surface area contributed by atoms with Gasteiger partial charge in [0.15, 0.2) is 5.78 Å². The molecule has 0 spiro atoms. The molecule has 1 aromatic rings. The summed E-state index contributed by atoms with van der Waals surface area (Å²) in [6.07, 6.45) is 2.53. The number of ketones is 1. The van der Waals surface area contributed by atoms with Crippen molar-refractivity contribution in [1.82, 2.24) is 9.88 Å². The smallest absolute Gasteiger partial charge is 0.269 e. The summed E-state index contributed by atoms with van der Waals surface area (Å²) in [5.41, 5.74) is 0.0675. The number of imide groups is 3. The quantitative estimate of drug-likeness (QED) is 0.723. The van der Waals surface area contributed by atoms with Gasteiger partial charge in [0.1, 0.15) is 0 Å². The molecule has 0 aliphatic carbocycles. The summed E-state index contributed by atoms with van der Waals surface area (Å²) in [5.74, 6) is -2.59. The fourth-order valence-electron chi connectivity index (χ4n) is 1.50. The number of rotatable bonds is 2. The van der Waals surface area contributed by atoms with Crippen molar-refractivity contribution >= 4 is 23.5 Å². The number of carbonyl (C=O) groups is 4. The van der Waals surface area contributed by atoms with E-state index in [1.165, 1.54) is 19.2 Å². The van der Waals surface area contributed by atoms with Crippen LogP contribution in [-0.2, 0) is 9.59 Å². The van der Waals surface area contributed by atoms with Crippen LogP contribution in [0.1, 0.15) is 41.5 Å². The van der Waals surface area contributed by atoms with Gasteiger partial charge in [-0.2, -0.15) is 0 Å². The molecule has 0 saturated carbocycles. The van der Waals surface area contributed by atoms with Crippen molar-refractivity contribution in [2.75, 3.05) is 0 Å². The van der Waals surface area contributed by atoms with Crippen molar-refractivity contribution in [3.05, 3.63) is 29.6 Å². The molecule has 6 heteroatoms. The Balaban J connectivity index is 3.30. The second kappa shape index (κ2) is 5.31. The van der Waals surface area contributed by atoms with Crippen LogP contribution in [0.5, 0.6) is 0 Å². The Kier molecular flexibility index (Phi) is 4.04. The summed E-state index contributed by atoms with van der Waals surface area (Å²) in [6.45, 7) is 3.49. The van der Waals surface area contributed by atoms with Gasteiger partial charge >= 0.3 is 0 Å². The number of carbonyl (C=O) groups excluding carboxylic acids is 4. The van der Waals surface area contributed by atoms with Gasteiger partial charge < -0.3 is 0 Å². The average Bonchev–Trinajstić information content (AvgIpc) is 2.27. The third kappa shape index (κ3) is 2.65. The van der Waals surface area contributed by atoms with Crippen LogP contribution in [0.2, 0.25) is 0 Å². The summed E-state index contributed by atoms with van der Waals surface area (Å²) in [4.78, 5) is 50.1. The van der Waals surface area contributed by atoms with Gasteiger partial charge in [0.05, 0.1) is 5.56 Å². The SMILES string of the molecule is CC(=O)c1ccncc1C(=O)N(C(C)=O)C(C)=O. The predicted molar refractivity (Wildman–Crippen MR) is 61.8 cm³/mol. The second-order valence-electron chi connectivity index (χ2n) is 3.66. The highest BCUT2D eigenvalue weighted by Crippen LogP contribution is 2.11. The lowest BCUT2D eigenvalue weighted by atomic mass is 10.1. The summed E-state index contributed by atoms with van der Waals surface area (Å²) < 4.78 is 0. The first-order valence-electron chi connectivity index (χ1n) is 5.16. The second-order valence-corrected chi connectivity index (χ2v) is 3.66. The monoisotopic (exact) mass is 248 g/mol. The maximum absolute atomic E-state index is 12.0. The van der Waals surface area contributed by atoms with Gasteiger partial charge in [-0.1, -0.05) is 0 Å². The topological polar surface area (TPSA) is 84.4 Å². The highest BCUT2D eigenvalue weighted by molar-refractivity contribution is 6.18. The lowest BCUT2D eigenvalue weighted by molar-refractivity contribution is -0.138. The first-order chi connectivity index (χ1) is 8.36. The Labute approximate surface area is 104 Å². The van der Waals surface area contributed by atoms with E-state index in [-0.39, 0.29) is 16.9 Å². The zero-order valence-electron chi connectivity index (χ0n) is 10.3. The Morgan fingerprint density at radius 1 is 1.00 bits per heavy atom. The van der Waals surface area contributed by atoms with Crippen molar-refractivity contribution in [2.24, 2.45) is 0 Å². The first kappa shape index (κ1) is 13.7. The molecule has 0 N–H and O–H groups in total. The van der Waals surface area contributed by atoms with Gasteiger partial charge in [-0.05, 0) is 13.0 Å². The summed E-state index contributed by atoms with van der Waals surface area (Å²) in [6, 6.07) is 1.37. The van der Waals surface area contributed by atoms with Gasteiger partial charge in [0, 0.05) is 31.8 Å². The molecule has 1 aromatic heterocycles. The number of hydrogen-bond acceptors (Lipinski definition) is 5. The molecule has 0 radical (unpaired) electrons. The van der Waals surface area contributed by atoms with E-state index in [0.29, 0.717) is 4.90 Å². The van der Waals surface area contributed by atoms with Crippen LogP contribution < -0.4 is 0 Å². The average molecular weight is 248 g/mol. The highest BCUT2D eigenvalue weighted by Gasteiger charge is 2.26. The van der Waals surface area contributed by atoms with E-state index in [9.17, 15) is 19.2 Å². The fourth-order valence-corrected chi connectivity index (χ4v) is 1.50. The van der Waals surface area contributed by atoms with Crippen molar-refractivity contribution in [3.63, 3.8) is 0 Å². The van der Waals surface area contributed by atoms with Crippen LogP contribution >= 0.6 is 0 Å². The summed E-state index contributed by atoms with van der Waals surface area (Å²) >= 11 is 0. The van der Waals surface area contributed by atoms with E-state index in [0.717, 1.165) is 20.0 Å². The standard InChI is InChI=1S/C12H12N2O4/c1-7(15)10-4-5-13-6-11(10)12(18)14(8(2)16)9(3)17/h4-6H,1-3H3. The van der Waals surface area contributed by atoms with Crippen LogP contribution in [-0.4, -0.2) is 33.4 Å². The molecule has 94 valence electrons. The van der Waals surface area contributed by atoms with Gasteiger partial charge in [-0.25, -0.2) is 4.90 Å². The third-order valence-corrected chi connectivity index (χ3v) is 2.26. The summed E-state index contributed by atoms with van der Waals surface area (Å²) in [7, 11) is 0. The molecule has 0 fully saturated rings. The summed E-state index contributed by atoms with van der Waals surface area (Å²) in [5, 5.41) is 0. The van der Waals surface area contributed by atoms with Gasteiger partial charge in [0.25, 0.3) is 5.91 Å².